The molecule has 0 spiro atoms. The van der Waals surface area contributed by atoms with Gasteiger partial charge in [-0.15, -0.1) is 24.0 Å². The lowest BCUT2D eigenvalue weighted by Gasteiger charge is -2.41. The van der Waals surface area contributed by atoms with Gasteiger partial charge in [0.15, 0.2) is 5.96 Å². The molecule has 7 heteroatoms. The first-order valence-corrected chi connectivity index (χ1v) is 9.44. The summed E-state index contributed by atoms with van der Waals surface area (Å²) >= 11 is 0. The standard InChI is InChI=1S/C18H34N4O2.HI/c1-4-16(23)22-11-7-15(13-22)21-17(19-5-2)20-14-18(8-6-9-18)10-12-24-3;/h15H,4-14H2,1-3H3,(H2,19,20,21);1H. The van der Waals surface area contributed by atoms with Crippen LogP contribution >= 0.6 is 24.0 Å². The van der Waals surface area contributed by atoms with Crippen LogP contribution in [-0.4, -0.2) is 62.7 Å². The van der Waals surface area contributed by atoms with Crippen molar-refractivity contribution in [2.75, 3.05) is 39.9 Å². The van der Waals surface area contributed by atoms with Gasteiger partial charge in [0, 0.05) is 52.4 Å². The molecule has 146 valence electrons. The molecule has 1 saturated heterocycles. The summed E-state index contributed by atoms with van der Waals surface area (Å²) in [5.74, 6) is 1.13. The van der Waals surface area contributed by atoms with Gasteiger partial charge in [0.05, 0.1) is 0 Å². The molecule has 1 unspecified atom stereocenters. The van der Waals surface area contributed by atoms with Gasteiger partial charge in [0.2, 0.25) is 5.91 Å². The van der Waals surface area contributed by atoms with E-state index in [9.17, 15) is 4.79 Å². The molecule has 0 aromatic heterocycles. The fourth-order valence-corrected chi connectivity index (χ4v) is 3.57. The van der Waals surface area contributed by atoms with Crippen molar-refractivity contribution in [1.82, 2.24) is 15.5 Å². The number of likely N-dealkylation sites (tertiary alicyclic amines) is 1. The Bertz CT molecular complexity index is 441. The van der Waals surface area contributed by atoms with Crippen LogP contribution in [0.25, 0.3) is 0 Å². The highest BCUT2D eigenvalue weighted by Gasteiger charge is 2.36. The minimum atomic E-state index is 0. The van der Waals surface area contributed by atoms with Crippen molar-refractivity contribution in [3.63, 3.8) is 0 Å². The van der Waals surface area contributed by atoms with E-state index < -0.39 is 0 Å². The highest BCUT2D eigenvalue weighted by atomic mass is 127. The Morgan fingerprint density at radius 1 is 1.36 bits per heavy atom. The average molecular weight is 466 g/mol. The molecule has 2 rings (SSSR count). The highest BCUT2D eigenvalue weighted by molar-refractivity contribution is 14.0. The van der Waals surface area contributed by atoms with Crippen molar-refractivity contribution in [1.29, 1.82) is 0 Å². The Balaban J connectivity index is 0.00000312. The normalized spacial score (nSPS) is 22.1. The molecule has 0 aromatic rings. The van der Waals surface area contributed by atoms with Crippen LogP contribution < -0.4 is 10.6 Å². The van der Waals surface area contributed by atoms with E-state index in [2.05, 4.69) is 17.6 Å². The van der Waals surface area contributed by atoms with Crippen LogP contribution in [0, 0.1) is 5.41 Å². The van der Waals surface area contributed by atoms with Gasteiger partial charge < -0.3 is 20.3 Å². The minimum Gasteiger partial charge on any atom is -0.385 e. The number of ether oxygens (including phenoxy) is 1. The second-order valence-corrected chi connectivity index (χ2v) is 7.11. The molecule has 1 amide bonds. The Morgan fingerprint density at radius 3 is 2.68 bits per heavy atom. The monoisotopic (exact) mass is 466 g/mol. The van der Waals surface area contributed by atoms with Gasteiger partial charge in [0.25, 0.3) is 0 Å². The molecule has 2 aliphatic rings. The quantitative estimate of drug-likeness (QED) is 0.328. The van der Waals surface area contributed by atoms with E-state index >= 15 is 0 Å². The van der Waals surface area contributed by atoms with Crippen molar-refractivity contribution >= 4 is 35.8 Å². The summed E-state index contributed by atoms with van der Waals surface area (Å²) in [7, 11) is 1.77. The first kappa shape index (κ1) is 22.5. The second-order valence-electron chi connectivity index (χ2n) is 7.11. The van der Waals surface area contributed by atoms with E-state index in [0.29, 0.717) is 17.9 Å². The van der Waals surface area contributed by atoms with Crippen LogP contribution in [0.1, 0.15) is 52.4 Å². The molecule has 25 heavy (non-hydrogen) atoms. The van der Waals surface area contributed by atoms with Gasteiger partial charge in [-0.3, -0.25) is 9.79 Å². The minimum absolute atomic E-state index is 0. The van der Waals surface area contributed by atoms with Crippen molar-refractivity contribution < 1.29 is 9.53 Å². The Kier molecular flexibility index (Phi) is 10.1. The van der Waals surface area contributed by atoms with Crippen LogP contribution in [0.15, 0.2) is 4.99 Å². The Morgan fingerprint density at radius 2 is 2.12 bits per heavy atom. The molecule has 1 aliphatic heterocycles. The zero-order valence-electron chi connectivity index (χ0n) is 16.0. The molecular weight excluding hydrogens is 431 g/mol. The number of nitrogens with zero attached hydrogens (tertiary/aromatic N) is 2. The van der Waals surface area contributed by atoms with Crippen LogP contribution in [0.2, 0.25) is 0 Å². The van der Waals surface area contributed by atoms with Crippen LogP contribution in [0.4, 0.5) is 0 Å². The number of guanidine groups is 1. The first-order chi connectivity index (χ1) is 11.6. The molecule has 0 bridgehead atoms. The molecule has 0 aromatic carbocycles. The molecular formula is C18H35IN4O2. The van der Waals surface area contributed by atoms with Crippen molar-refractivity contribution in [3.05, 3.63) is 0 Å². The highest BCUT2D eigenvalue weighted by Crippen LogP contribution is 2.44. The van der Waals surface area contributed by atoms with Crippen LogP contribution in [0.3, 0.4) is 0 Å². The summed E-state index contributed by atoms with van der Waals surface area (Å²) in [5.41, 5.74) is 0.332. The third-order valence-electron chi connectivity index (χ3n) is 5.35. The lowest BCUT2D eigenvalue weighted by molar-refractivity contribution is -0.129. The van der Waals surface area contributed by atoms with E-state index in [-0.39, 0.29) is 29.9 Å². The maximum absolute atomic E-state index is 11.8. The van der Waals surface area contributed by atoms with E-state index in [4.69, 9.17) is 9.73 Å². The number of hydrogen-bond acceptors (Lipinski definition) is 3. The third kappa shape index (κ3) is 6.58. The first-order valence-electron chi connectivity index (χ1n) is 9.44. The van der Waals surface area contributed by atoms with Crippen LogP contribution in [-0.2, 0) is 9.53 Å². The zero-order valence-corrected chi connectivity index (χ0v) is 18.3. The number of carbonyl (C=O) groups excluding carboxylic acids is 1. The number of nitrogens with one attached hydrogen (secondary N) is 2. The molecule has 2 fully saturated rings. The lowest BCUT2D eigenvalue weighted by Crippen LogP contribution is -2.46. The number of hydrogen-bond donors (Lipinski definition) is 2. The second kappa shape index (κ2) is 11.2. The fraction of sp³-hybridized carbons (Fsp3) is 0.889. The lowest BCUT2D eigenvalue weighted by atomic mass is 9.67. The van der Waals surface area contributed by atoms with Crippen molar-refractivity contribution in [2.45, 2.75) is 58.4 Å². The molecule has 1 saturated carbocycles. The number of halogens is 1. The van der Waals surface area contributed by atoms with E-state index in [0.717, 1.165) is 51.6 Å². The summed E-state index contributed by atoms with van der Waals surface area (Å²) in [6.07, 6.45) is 6.48. The van der Waals surface area contributed by atoms with Crippen molar-refractivity contribution in [2.24, 2.45) is 10.4 Å². The number of amides is 1. The Hall–Kier alpha value is -0.570. The maximum atomic E-state index is 11.8. The average Bonchev–Trinajstić information content (AvgIpc) is 3.01. The SMILES string of the molecule is CCNC(=NCC1(CCOC)CCC1)NC1CCN(C(=O)CC)C1.I. The third-order valence-corrected chi connectivity index (χ3v) is 5.35. The predicted molar refractivity (Wildman–Crippen MR) is 113 cm³/mol. The summed E-state index contributed by atoms with van der Waals surface area (Å²) in [6, 6.07) is 0.301. The number of aliphatic imine (C=N–C) groups is 1. The largest absolute Gasteiger partial charge is 0.385 e. The van der Waals surface area contributed by atoms with Gasteiger partial charge in [-0.25, -0.2) is 0 Å². The summed E-state index contributed by atoms with van der Waals surface area (Å²) < 4.78 is 5.26. The fourth-order valence-electron chi connectivity index (χ4n) is 3.57. The van der Waals surface area contributed by atoms with Gasteiger partial charge in [-0.2, -0.15) is 0 Å². The van der Waals surface area contributed by atoms with Gasteiger partial charge in [-0.05, 0) is 38.0 Å². The van der Waals surface area contributed by atoms with E-state index in [1.165, 1.54) is 19.3 Å². The van der Waals surface area contributed by atoms with E-state index in [1.807, 2.05) is 11.8 Å². The molecule has 1 aliphatic carbocycles. The topological polar surface area (TPSA) is 66.0 Å². The smallest absolute Gasteiger partial charge is 0.222 e. The number of carbonyl (C=O) groups is 1. The summed E-state index contributed by atoms with van der Waals surface area (Å²) in [6.45, 7) is 8.16. The number of rotatable bonds is 8. The van der Waals surface area contributed by atoms with Gasteiger partial charge >= 0.3 is 0 Å². The summed E-state index contributed by atoms with van der Waals surface area (Å²) in [5, 5.41) is 6.87. The van der Waals surface area contributed by atoms with Gasteiger partial charge in [-0.1, -0.05) is 13.3 Å². The van der Waals surface area contributed by atoms with Crippen molar-refractivity contribution in [3.8, 4) is 0 Å². The predicted octanol–water partition coefficient (Wildman–Crippen LogP) is 2.38. The zero-order chi connectivity index (χ0) is 17.4. The Labute approximate surface area is 169 Å². The van der Waals surface area contributed by atoms with Gasteiger partial charge in [0.1, 0.15) is 0 Å². The molecule has 1 heterocycles. The number of methoxy groups -OCH3 is 1. The molecule has 1 atom stereocenters. The summed E-state index contributed by atoms with van der Waals surface area (Å²) in [4.78, 5) is 18.6. The molecule has 6 nitrogen and oxygen atoms in total. The maximum Gasteiger partial charge on any atom is 0.222 e. The van der Waals surface area contributed by atoms with E-state index in [1.54, 1.807) is 7.11 Å². The molecule has 2 N–H and O–H groups in total. The molecule has 0 radical (unpaired) electrons. The van der Waals surface area contributed by atoms with Crippen LogP contribution in [0.5, 0.6) is 0 Å².